The number of benzene rings is 1. The number of hydrogen-bond acceptors (Lipinski definition) is 3. The third kappa shape index (κ3) is 2.10. The fraction of sp³-hybridized carbons (Fsp3) is 0.143. The Morgan fingerprint density at radius 2 is 2.16 bits per heavy atom. The number of halogens is 1. The predicted molar refractivity (Wildman–Crippen MR) is 80.8 cm³/mol. The second-order valence-electron chi connectivity index (χ2n) is 4.29. The lowest BCUT2D eigenvalue weighted by molar-refractivity contribution is 0.798. The van der Waals surface area contributed by atoms with Crippen LogP contribution >= 0.6 is 15.9 Å². The first kappa shape index (κ1) is 12.2. The SMILES string of the molecule is CCn1cc(-c2ccnc(N)n2)c2cc(Br)ccc21. The Hall–Kier alpha value is -1.88. The summed E-state index contributed by atoms with van der Waals surface area (Å²) in [5.74, 6) is 0.296. The Labute approximate surface area is 119 Å². The number of fused-ring (bicyclic) bond motifs is 1. The van der Waals surface area contributed by atoms with Crippen LogP contribution in [0.25, 0.3) is 22.2 Å². The van der Waals surface area contributed by atoms with E-state index < -0.39 is 0 Å². The Kier molecular flexibility index (Phi) is 2.98. The Balaban J connectivity index is 2.31. The van der Waals surface area contributed by atoms with Crippen molar-refractivity contribution >= 4 is 32.8 Å². The van der Waals surface area contributed by atoms with Gasteiger partial charge < -0.3 is 10.3 Å². The largest absolute Gasteiger partial charge is 0.368 e. The third-order valence-corrected chi connectivity index (χ3v) is 3.63. The predicted octanol–water partition coefficient (Wildman–Crippen LogP) is 3.46. The molecule has 0 atom stereocenters. The summed E-state index contributed by atoms with van der Waals surface area (Å²) in [5, 5.41) is 1.16. The Bertz CT molecular complexity index is 748. The monoisotopic (exact) mass is 316 g/mol. The molecular formula is C14H13BrN4. The lowest BCUT2D eigenvalue weighted by Gasteiger charge is -2.00. The summed E-state index contributed by atoms with van der Waals surface area (Å²) in [6.45, 7) is 3.04. The van der Waals surface area contributed by atoms with Gasteiger partial charge in [0.25, 0.3) is 0 Å². The van der Waals surface area contributed by atoms with E-state index in [0.717, 1.165) is 27.7 Å². The van der Waals surface area contributed by atoms with Crippen LogP contribution in [0, 0.1) is 0 Å². The third-order valence-electron chi connectivity index (χ3n) is 3.13. The van der Waals surface area contributed by atoms with Gasteiger partial charge in [-0.25, -0.2) is 9.97 Å². The van der Waals surface area contributed by atoms with Gasteiger partial charge in [-0.2, -0.15) is 0 Å². The van der Waals surface area contributed by atoms with Gasteiger partial charge in [0.2, 0.25) is 5.95 Å². The first-order chi connectivity index (χ1) is 9.19. The zero-order chi connectivity index (χ0) is 13.4. The minimum atomic E-state index is 0.296. The van der Waals surface area contributed by atoms with E-state index in [9.17, 15) is 0 Å². The first-order valence-corrected chi connectivity index (χ1v) is 6.85. The van der Waals surface area contributed by atoms with Gasteiger partial charge in [-0.3, -0.25) is 0 Å². The highest BCUT2D eigenvalue weighted by molar-refractivity contribution is 9.10. The van der Waals surface area contributed by atoms with Gasteiger partial charge in [0, 0.05) is 39.9 Å². The molecule has 1 aromatic carbocycles. The number of nitrogens with zero attached hydrogens (tertiary/aromatic N) is 3. The topological polar surface area (TPSA) is 56.7 Å². The minimum Gasteiger partial charge on any atom is -0.368 e. The highest BCUT2D eigenvalue weighted by Gasteiger charge is 2.11. The highest BCUT2D eigenvalue weighted by atomic mass is 79.9. The maximum atomic E-state index is 5.67. The van der Waals surface area contributed by atoms with Gasteiger partial charge >= 0.3 is 0 Å². The zero-order valence-electron chi connectivity index (χ0n) is 10.5. The van der Waals surface area contributed by atoms with Crippen LogP contribution in [0.3, 0.4) is 0 Å². The smallest absolute Gasteiger partial charge is 0.220 e. The van der Waals surface area contributed by atoms with Crippen molar-refractivity contribution in [3.63, 3.8) is 0 Å². The molecule has 0 radical (unpaired) electrons. The molecule has 0 spiro atoms. The van der Waals surface area contributed by atoms with Crippen molar-refractivity contribution in [1.29, 1.82) is 0 Å². The van der Waals surface area contributed by atoms with E-state index >= 15 is 0 Å². The van der Waals surface area contributed by atoms with E-state index in [-0.39, 0.29) is 0 Å². The van der Waals surface area contributed by atoms with Crippen LogP contribution in [-0.4, -0.2) is 14.5 Å². The molecule has 0 unspecified atom stereocenters. The molecule has 0 amide bonds. The second-order valence-corrected chi connectivity index (χ2v) is 5.21. The second kappa shape index (κ2) is 4.66. The summed E-state index contributed by atoms with van der Waals surface area (Å²) in [7, 11) is 0. The number of aromatic nitrogens is 3. The average molecular weight is 317 g/mol. The van der Waals surface area contributed by atoms with E-state index in [0.29, 0.717) is 5.95 Å². The maximum absolute atomic E-state index is 5.67. The maximum Gasteiger partial charge on any atom is 0.220 e. The molecule has 2 N–H and O–H groups in total. The van der Waals surface area contributed by atoms with Crippen molar-refractivity contribution in [3.8, 4) is 11.3 Å². The van der Waals surface area contributed by atoms with Gasteiger partial charge in [0.1, 0.15) is 0 Å². The van der Waals surface area contributed by atoms with Crippen LogP contribution in [0.2, 0.25) is 0 Å². The lowest BCUT2D eigenvalue weighted by Crippen LogP contribution is -1.94. The first-order valence-electron chi connectivity index (χ1n) is 6.06. The molecule has 2 aromatic heterocycles. The van der Waals surface area contributed by atoms with Crippen LogP contribution in [0.5, 0.6) is 0 Å². The van der Waals surface area contributed by atoms with Gasteiger partial charge in [0.05, 0.1) is 5.69 Å². The fourth-order valence-corrected chi connectivity index (χ4v) is 2.62. The summed E-state index contributed by atoms with van der Waals surface area (Å²) in [4.78, 5) is 8.25. The van der Waals surface area contributed by atoms with Crippen LogP contribution in [-0.2, 0) is 6.54 Å². The normalized spacial score (nSPS) is 11.1. The fourth-order valence-electron chi connectivity index (χ4n) is 2.26. The number of nitrogens with two attached hydrogens (primary N) is 1. The van der Waals surface area contributed by atoms with Crippen molar-refractivity contribution in [2.45, 2.75) is 13.5 Å². The summed E-state index contributed by atoms with van der Waals surface area (Å²) in [5.41, 5.74) is 8.79. The molecular weight excluding hydrogens is 304 g/mol. The number of rotatable bonds is 2. The molecule has 0 aliphatic rings. The van der Waals surface area contributed by atoms with Crippen LogP contribution < -0.4 is 5.73 Å². The summed E-state index contributed by atoms with van der Waals surface area (Å²) >= 11 is 3.52. The van der Waals surface area contributed by atoms with E-state index in [1.807, 2.05) is 12.1 Å². The molecule has 0 bridgehead atoms. The number of nitrogen functional groups attached to an aromatic ring is 1. The van der Waals surface area contributed by atoms with Gasteiger partial charge in [-0.05, 0) is 31.2 Å². The van der Waals surface area contributed by atoms with Crippen molar-refractivity contribution < 1.29 is 0 Å². The van der Waals surface area contributed by atoms with Crippen LogP contribution in [0.4, 0.5) is 5.95 Å². The molecule has 0 aliphatic heterocycles. The van der Waals surface area contributed by atoms with E-state index in [1.165, 1.54) is 5.52 Å². The van der Waals surface area contributed by atoms with Crippen LogP contribution in [0.15, 0.2) is 41.1 Å². The molecule has 3 rings (SSSR count). The molecule has 4 nitrogen and oxygen atoms in total. The van der Waals surface area contributed by atoms with Gasteiger partial charge in [-0.15, -0.1) is 0 Å². The average Bonchev–Trinajstić information content (AvgIpc) is 2.76. The van der Waals surface area contributed by atoms with E-state index in [2.05, 4.69) is 55.7 Å². The number of anilines is 1. The molecule has 0 aliphatic carbocycles. The van der Waals surface area contributed by atoms with Crippen LogP contribution in [0.1, 0.15) is 6.92 Å². The van der Waals surface area contributed by atoms with E-state index in [4.69, 9.17) is 5.73 Å². The minimum absolute atomic E-state index is 0.296. The quantitative estimate of drug-likeness (QED) is 0.787. The van der Waals surface area contributed by atoms with E-state index in [1.54, 1.807) is 6.20 Å². The molecule has 0 saturated carbocycles. The zero-order valence-corrected chi connectivity index (χ0v) is 12.1. The number of hydrogen-bond donors (Lipinski definition) is 1. The molecule has 0 fully saturated rings. The summed E-state index contributed by atoms with van der Waals surface area (Å²) in [6, 6.07) is 8.14. The number of aryl methyl sites for hydroxylation is 1. The molecule has 2 heterocycles. The molecule has 96 valence electrons. The van der Waals surface area contributed by atoms with Crippen molar-refractivity contribution in [1.82, 2.24) is 14.5 Å². The van der Waals surface area contributed by atoms with Gasteiger partial charge in [0.15, 0.2) is 0 Å². The van der Waals surface area contributed by atoms with Crippen molar-refractivity contribution in [3.05, 3.63) is 41.1 Å². The lowest BCUT2D eigenvalue weighted by atomic mass is 10.1. The standard InChI is InChI=1S/C14H13BrN4/c1-2-19-8-11(12-5-6-17-14(16)18-12)10-7-9(15)3-4-13(10)19/h3-8H,2H2,1H3,(H2,16,17,18). The van der Waals surface area contributed by atoms with Gasteiger partial charge in [-0.1, -0.05) is 15.9 Å². The Morgan fingerprint density at radius 3 is 2.89 bits per heavy atom. The highest BCUT2D eigenvalue weighted by Crippen LogP contribution is 2.31. The molecule has 5 heteroatoms. The van der Waals surface area contributed by atoms with Crippen molar-refractivity contribution in [2.75, 3.05) is 5.73 Å². The summed E-state index contributed by atoms with van der Waals surface area (Å²) < 4.78 is 3.26. The van der Waals surface area contributed by atoms with Crippen molar-refractivity contribution in [2.24, 2.45) is 0 Å². The molecule has 19 heavy (non-hydrogen) atoms. The molecule has 3 aromatic rings. The summed E-state index contributed by atoms with van der Waals surface area (Å²) in [6.07, 6.45) is 3.80. The Morgan fingerprint density at radius 1 is 1.32 bits per heavy atom. The molecule has 0 saturated heterocycles.